The molecule has 0 spiro atoms. The number of hydrogen-bond donors (Lipinski definition) is 3. The van der Waals surface area contributed by atoms with Crippen molar-refractivity contribution in [1.29, 1.82) is 0 Å². The van der Waals surface area contributed by atoms with E-state index in [0.717, 1.165) is 16.8 Å². The number of aromatic nitrogens is 2. The molecule has 1 fully saturated rings. The van der Waals surface area contributed by atoms with E-state index in [2.05, 4.69) is 64.3 Å². The molecule has 0 aliphatic heterocycles. The van der Waals surface area contributed by atoms with Crippen molar-refractivity contribution >= 4 is 27.6 Å². The van der Waals surface area contributed by atoms with Crippen LogP contribution in [0.2, 0.25) is 0 Å². The third-order valence-corrected chi connectivity index (χ3v) is 5.47. The van der Waals surface area contributed by atoms with Crippen LogP contribution in [0.5, 0.6) is 0 Å². The zero-order valence-electron chi connectivity index (χ0n) is 11.2. The molecule has 1 heterocycles. The molecule has 1 aromatic rings. The van der Waals surface area contributed by atoms with Crippen LogP contribution in [0.4, 0.5) is 11.6 Å². The van der Waals surface area contributed by atoms with E-state index in [1.807, 2.05) is 0 Å². The van der Waals surface area contributed by atoms with E-state index in [1.54, 1.807) is 0 Å². The summed E-state index contributed by atoms with van der Waals surface area (Å²) in [5.41, 5.74) is 3.27. The second kappa shape index (κ2) is 4.35. The van der Waals surface area contributed by atoms with Crippen LogP contribution in [-0.2, 0) is 0 Å². The summed E-state index contributed by atoms with van der Waals surface area (Å²) in [6.45, 7) is 10.1. The molecule has 0 amide bonds. The quantitative estimate of drug-likeness (QED) is 0.588. The maximum atomic E-state index is 5.38. The summed E-state index contributed by atoms with van der Waals surface area (Å²) in [5.74, 6) is 7.38. The lowest BCUT2D eigenvalue weighted by atomic mass is 10.0. The summed E-state index contributed by atoms with van der Waals surface area (Å²) >= 11 is 3.44. The lowest BCUT2D eigenvalue weighted by Crippen LogP contribution is -2.13. The van der Waals surface area contributed by atoms with Crippen molar-refractivity contribution in [3.8, 4) is 0 Å². The summed E-state index contributed by atoms with van der Waals surface area (Å²) in [4.78, 5) is 8.24. The fourth-order valence-corrected chi connectivity index (χ4v) is 3.10. The average molecular weight is 314 g/mol. The summed E-state index contributed by atoms with van der Waals surface area (Å²) in [6.07, 6.45) is 1.49. The van der Waals surface area contributed by atoms with Crippen LogP contribution < -0.4 is 16.6 Å². The van der Waals surface area contributed by atoms with Gasteiger partial charge in [0, 0.05) is 6.54 Å². The topological polar surface area (TPSA) is 75.9 Å². The molecule has 1 saturated carbocycles. The third-order valence-electron chi connectivity index (χ3n) is 4.72. The van der Waals surface area contributed by atoms with Crippen LogP contribution >= 0.6 is 15.9 Å². The molecule has 0 unspecified atom stereocenters. The van der Waals surface area contributed by atoms with Gasteiger partial charge in [0.2, 0.25) is 0 Å². The minimum atomic E-state index is 0.369. The minimum Gasteiger partial charge on any atom is -0.369 e. The van der Waals surface area contributed by atoms with E-state index in [9.17, 15) is 0 Å². The molecule has 1 aliphatic rings. The van der Waals surface area contributed by atoms with Crippen molar-refractivity contribution in [2.24, 2.45) is 22.6 Å². The smallest absolute Gasteiger partial charge is 0.159 e. The normalized spacial score (nSPS) is 20.6. The molecule has 0 atom stereocenters. The molecular weight excluding hydrogens is 294 g/mol. The molecule has 6 heteroatoms. The van der Waals surface area contributed by atoms with Crippen molar-refractivity contribution in [3.63, 3.8) is 0 Å². The van der Waals surface area contributed by atoms with Gasteiger partial charge in [0.15, 0.2) is 5.82 Å². The van der Waals surface area contributed by atoms with Gasteiger partial charge in [0.1, 0.15) is 16.6 Å². The molecule has 1 aliphatic carbocycles. The summed E-state index contributed by atoms with van der Waals surface area (Å²) in [7, 11) is 0. The summed E-state index contributed by atoms with van der Waals surface area (Å²) in [5, 5.41) is 3.37. The van der Waals surface area contributed by atoms with Crippen LogP contribution in [0.1, 0.15) is 27.7 Å². The molecule has 0 aromatic carbocycles. The Bertz CT molecular complexity index is 444. The van der Waals surface area contributed by atoms with Gasteiger partial charge >= 0.3 is 0 Å². The van der Waals surface area contributed by atoms with Gasteiger partial charge in [-0.25, -0.2) is 15.8 Å². The molecular formula is C12H20BrN5. The van der Waals surface area contributed by atoms with Crippen LogP contribution in [0.15, 0.2) is 10.8 Å². The van der Waals surface area contributed by atoms with Crippen molar-refractivity contribution in [2.45, 2.75) is 27.7 Å². The van der Waals surface area contributed by atoms with Gasteiger partial charge in [-0.15, -0.1) is 0 Å². The van der Waals surface area contributed by atoms with Gasteiger partial charge in [-0.2, -0.15) is 0 Å². The number of hydrazine groups is 1. The first-order valence-electron chi connectivity index (χ1n) is 6.03. The fourth-order valence-electron chi connectivity index (χ4n) is 2.64. The van der Waals surface area contributed by atoms with E-state index in [1.165, 1.54) is 6.33 Å². The number of anilines is 2. The lowest BCUT2D eigenvalue weighted by Gasteiger charge is -2.10. The SMILES string of the molecule is CC1(C)C(CNc2ncnc(NN)c2Br)C1(C)C. The Morgan fingerprint density at radius 3 is 2.28 bits per heavy atom. The molecule has 0 bridgehead atoms. The first-order chi connectivity index (χ1) is 8.32. The maximum absolute atomic E-state index is 5.38. The van der Waals surface area contributed by atoms with Gasteiger partial charge in [-0.05, 0) is 32.7 Å². The van der Waals surface area contributed by atoms with Gasteiger partial charge in [0.25, 0.3) is 0 Å². The second-order valence-electron chi connectivity index (χ2n) is 5.91. The van der Waals surface area contributed by atoms with Crippen molar-refractivity contribution in [3.05, 3.63) is 10.8 Å². The number of nitrogens with two attached hydrogens (primary N) is 1. The molecule has 5 nitrogen and oxygen atoms in total. The largest absolute Gasteiger partial charge is 0.369 e. The first kappa shape index (κ1) is 13.5. The Morgan fingerprint density at radius 1 is 1.22 bits per heavy atom. The average Bonchev–Trinajstić information content (AvgIpc) is 2.69. The maximum Gasteiger partial charge on any atom is 0.159 e. The highest BCUT2D eigenvalue weighted by Crippen LogP contribution is 2.68. The summed E-state index contributed by atoms with van der Waals surface area (Å²) < 4.78 is 0.767. The van der Waals surface area contributed by atoms with Gasteiger partial charge in [-0.3, -0.25) is 0 Å². The first-order valence-corrected chi connectivity index (χ1v) is 6.82. The Labute approximate surface area is 116 Å². The predicted molar refractivity (Wildman–Crippen MR) is 77.1 cm³/mol. The second-order valence-corrected chi connectivity index (χ2v) is 6.70. The Hall–Kier alpha value is -0.880. The number of nitrogens with zero attached hydrogens (tertiary/aromatic N) is 2. The standard InChI is InChI=1S/C12H20BrN5/c1-11(2)7(12(11,3)4)5-15-9-8(13)10(18-14)17-6-16-9/h6-7H,5,14H2,1-4H3,(H2,15,16,17,18). The molecule has 18 heavy (non-hydrogen) atoms. The van der Waals surface area contributed by atoms with Crippen LogP contribution in [-0.4, -0.2) is 16.5 Å². The monoisotopic (exact) mass is 313 g/mol. The van der Waals surface area contributed by atoms with Gasteiger partial charge < -0.3 is 10.7 Å². The predicted octanol–water partition coefficient (Wildman–Crippen LogP) is 2.62. The van der Waals surface area contributed by atoms with Crippen molar-refractivity contribution in [1.82, 2.24) is 9.97 Å². The van der Waals surface area contributed by atoms with Crippen molar-refractivity contribution < 1.29 is 0 Å². The molecule has 2 rings (SSSR count). The van der Waals surface area contributed by atoms with Crippen LogP contribution in [0, 0.1) is 16.7 Å². The van der Waals surface area contributed by atoms with Crippen LogP contribution in [0.3, 0.4) is 0 Å². The number of hydrogen-bond acceptors (Lipinski definition) is 5. The highest BCUT2D eigenvalue weighted by molar-refractivity contribution is 9.10. The van der Waals surface area contributed by atoms with Gasteiger partial charge in [0.05, 0.1) is 0 Å². The Balaban J connectivity index is 2.05. The lowest BCUT2D eigenvalue weighted by molar-refractivity contribution is 0.457. The Kier molecular flexibility index (Phi) is 3.27. The number of rotatable bonds is 4. The molecule has 0 saturated heterocycles. The summed E-state index contributed by atoms with van der Waals surface area (Å²) in [6, 6.07) is 0. The zero-order valence-corrected chi connectivity index (χ0v) is 12.8. The zero-order chi connectivity index (χ0) is 13.6. The third kappa shape index (κ3) is 1.97. The Morgan fingerprint density at radius 2 is 1.78 bits per heavy atom. The van der Waals surface area contributed by atoms with E-state index in [-0.39, 0.29) is 0 Å². The number of nitrogen functional groups attached to an aromatic ring is 1. The fraction of sp³-hybridized carbons (Fsp3) is 0.667. The van der Waals surface area contributed by atoms with Crippen LogP contribution in [0.25, 0.3) is 0 Å². The molecule has 100 valence electrons. The number of nitrogens with one attached hydrogen (secondary N) is 2. The highest BCUT2D eigenvalue weighted by Gasteiger charge is 2.64. The molecule has 0 radical (unpaired) electrons. The van der Waals surface area contributed by atoms with E-state index < -0.39 is 0 Å². The van der Waals surface area contributed by atoms with E-state index >= 15 is 0 Å². The van der Waals surface area contributed by atoms with Gasteiger partial charge in [-0.1, -0.05) is 27.7 Å². The number of halogens is 1. The minimum absolute atomic E-state index is 0.369. The molecule has 4 N–H and O–H groups in total. The van der Waals surface area contributed by atoms with Crippen molar-refractivity contribution in [2.75, 3.05) is 17.3 Å². The highest BCUT2D eigenvalue weighted by atomic mass is 79.9. The van der Waals surface area contributed by atoms with E-state index in [0.29, 0.717) is 22.6 Å². The van der Waals surface area contributed by atoms with E-state index in [4.69, 9.17) is 5.84 Å². The molecule has 1 aromatic heterocycles.